The van der Waals surface area contributed by atoms with Gasteiger partial charge in [0.2, 0.25) is 0 Å². The number of ether oxygens (including phenoxy) is 1. The Balaban J connectivity index is 3.21. The molecule has 0 aliphatic rings. The monoisotopic (exact) mass is 215 g/mol. The van der Waals surface area contributed by atoms with Gasteiger partial charge >= 0.3 is 0 Å². The molecule has 0 amide bonds. The van der Waals surface area contributed by atoms with Gasteiger partial charge in [-0.15, -0.1) is 0 Å². The highest BCUT2D eigenvalue weighted by molar-refractivity contribution is 9.10. The Morgan fingerprint density at radius 1 is 1.55 bits per heavy atom. The first-order chi connectivity index (χ1) is 5.15. The van der Waals surface area contributed by atoms with E-state index in [2.05, 4.69) is 22.9 Å². The highest BCUT2D eigenvalue weighted by Gasteiger charge is 2.03. The van der Waals surface area contributed by atoms with Crippen molar-refractivity contribution in [1.82, 2.24) is 0 Å². The molecular weight excluding hydrogens is 208 g/mol. The van der Waals surface area contributed by atoms with Crippen LogP contribution in [-0.4, -0.2) is 12.2 Å². The number of halogens is 1. The number of methoxy groups -OCH3 is 1. The number of aromatic hydroxyl groups is 1. The summed E-state index contributed by atoms with van der Waals surface area (Å²) in [4.78, 5) is 0. The summed E-state index contributed by atoms with van der Waals surface area (Å²) in [5, 5.41) is 9.23. The molecule has 0 atom stereocenters. The fourth-order valence-corrected chi connectivity index (χ4v) is 1.07. The van der Waals surface area contributed by atoms with Gasteiger partial charge in [-0.1, -0.05) is 15.9 Å². The maximum atomic E-state index is 9.23. The third kappa shape index (κ3) is 1.66. The third-order valence-electron chi connectivity index (χ3n) is 1.35. The van der Waals surface area contributed by atoms with Crippen LogP contribution in [0.25, 0.3) is 0 Å². The predicted octanol–water partition coefficient (Wildman–Crippen LogP) is 2.35. The quantitative estimate of drug-likeness (QED) is 0.780. The molecule has 1 rings (SSSR count). The van der Waals surface area contributed by atoms with Crippen molar-refractivity contribution in [1.29, 1.82) is 0 Å². The zero-order valence-electron chi connectivity index (χ0n) is 6.10. The van der Waals surface area contributed by atoms with E-state index < -0.39 is 0 Å². The van der Waals surface area contributed by atoms with Crippen LogP contribution in [0.5, 0.6) is 11.5 Å². The lowest BCUT2D eigenvalue weighted by Crippen LogP contribution is -1.84. The van der Waals surface area contributed by atoms with Gasteiger partial charge in [0.1, 0.15) is 0 Å². The Bertz CT molecular complexity index is 271. The molecule has 0 saturated carbocycles. The first kappa shape index (κ1) is 8.40. The maximum absolute atomic E-state index is 9.23. The lowest BCUT2D eigenvalue weighted by molar-refractivity contribution is 0.373. The van der Waals surface area contributed by atoms with Gasteiger partial charge in [0.25, 0.3) is 0 Å². The van der Waals surface area contributed by atoms with Crippen LogP contribution in [0.3, 0.4) is 0 Å². The van der Waals surface area contributed by atoms with E-state index in [1.54, 1.807) is 12.1 Å². The normalized spacial score (nSPS) is 9.73. The second-order valence-corrected chi connectivity index (χ2v) is 2.97. The van der Waals surface area contributed by atoms with Gasteiger partial charge in [0.15, 0.2) is 11.5 Å². The minimum atomic E-state index is 0.112. The summed E-state index contributed by atoms with van der Waals surface area (Å²) in [6.45, 7) is 3.69. The van der Waals surface area contributed by atoms with Crippen LogP contribution in [0.4, 0.5) is 0 Å². The fraction of sp³-hybridized carbons (Fsp3) is 0.125. The van der Waals surface area contributed by atoms with E-state index in [1.165, 1.54) is 7.11 Å². The minimum Gasteiger partial charge on any atom is -0.504 e. The maximum Gasteiger partial charge on any atom is 0.161 e. The zero-order chi connectivity index (χ0) is 8.43. The number of benzene rings is 1. The molecule has 0 aliphatic heterocycles. The van der Waals surface area contributed by atoms with Crippen LogP contribution >= 0.6 is 15.9 Å². The molecule has 0 spiro atoms. The van der Waals surface area contributed by atoms with Gasteiger partial charge < -0.3 is 9.84 Å². The molecule has 1 radical (unpaired) electrons. The van der Waals surface area contributed by atoms with Crippen LogP contribution in [0, 0.1) is 6.92 Å². The summed E-state index contributed by atoms with van der Waals surface area (Å²) in [5.41, 5.74) is 0.739. The standard InChI is InChI=1S/C8H8BrO2/c1-5-3-7(10)8(11-2)4-6(5)9/h3-4,10H,1H2,2H3. The van der Waals surface area contributed by atoms with Crippen molar-refractivity contribution in [2.45, 2.75) is 0 Å². The van der Waals surface area contributed by atoms with Crippen LogP contribution in [-0.2, 0) is 0 Å². The SMILES string of the molecule is [CH2]c1cc(O)c(OC)cc1Br. The van der Waals surface area contributed by atoms with Crippen molar-refractivity contribution >= 4 is 15.9 Å². The molecule has 0 fully saturated rings. The molecule has 59 valence electrons. The number of hydrogen-bond donors (Lipinski definition) is 1. The molecule has 0 unspecified atom stereocenters. The molecule has 0 aliphatic carbocycles. The number of hydrogen-bond acceptors (Lipinski definition) is 2. The van der Waals surface area contributed by atoms with Gasteiger partial charge in [-0.2, -0.15) is 0 Å². The Morgan fingerprint density at radius 3 is 2.73 bits per heavy atom. The number of phenols is 1. The van der Waals surface area contributed by atoms with E-state index in [0.717, 1.165) is 10.0 Å². The van der Waals surface area contributed by atoms with E-state index in [4.69, 9.17) is 4.74 Å². The van der Waals surface area contributed by atoms with Crippen LogP contribution in [0.15, 0.2) is 16.6 Å². The van der Waals surface area contributed by atoms with E-state index in [0.29, 0.717) is 5.75 Å². The summed E-state index contributed by atoms with van der Waals surface area (Å²) in [7, 11) is 1.50. The molecule has 0 aromatic heterocycles. The molecule has 1 N–H and O–H groups in total. The van der Waals surface area contributed by atoms with Crippen LogP contribution < -0.4 is 4.74 Å². The van der Waals surface area contributed by atoms with Crippen LogP contribution in [0.1, 0.15) is 5.56 Å². The Kier molecular flexibility index (Phi) is 2.39. The predicted molar refractivity (Wildman–Crippen MR) is 46.8 cm³/mol. The molecule has 2 nitrogen and oxygen atoms in total. The Labute approximate surface area is 73.9 Å². The van der Waals surface area contributed by atoms with Crippen LogP contribution in [0.2, 0.25) is 0 Å². The molecule has 0 saturated heterocycles. The average molecular weight is 216 g/mol. The van der Waals surface area contributed by atoms with Crippen molar-refractivity contribution in [2.75, 3.05) is 7.11 Å². The molecule has 0 heterocycles. The second kappa shape index (κ2) is 3.13. The second-order valence-electron chi connectivity index (χ2n) is 2.12. The van der Waals surface area contributed by atoms with Gasteiger partial charge in [0.05, 0.1) is 7.11 Å². The highest BCUT2D eigenvalue weighted by Crippen LogP contribution is 2.31. The van der Waals surface area contributed by atoms with Gasteiger partial charge in [-0.3, -0.25) is 0 Å². The van der Waals surface area contributed by atoms with Crippen molar-refractivity contribution in [3.63, 3.8) is 0 Å². The first-order valence-corrected chi connectivity index (χ1v) is 3.83. The lowest BCUT2D eigenvalue weighted by Gasteiger charge is -2.04. The smallest absolute Gasteiger partial charge is 0.161 e. The summed E-state index contributed by atoms with van der Waals surface area (Å²) in [5.74, 6) is 0.560. The summed E-state index contributed by atoms with van der Waals surface area (Å²) < 4.78 is 5.70. The van der Waals surface area contributed by atoms with Crippen molar-refractivity contribution in [2.24, 2.45) is 0 Å². The number of phenolic OH excluding ortho intramolecular Hbond substituents is 1. The fourth-order valence-electron chi connectivity index (χ4n) is 0.750. The molecule has 1 aromatic carbocycles. The third-order valence-corrected chi connectivity index (χ3v) is 2.09. The Hall–Kier alpha value is -0.700. The summed E-state index contributed by atoms with van der Waals surface area (Å²) >= 11 is 3.27. The van der Waals surface area contributed by atoms with Crippen molar-refractivity contribution in [3.05, 3.63) is 29.1 Å². The lowest BCUT2D eigenvalue weighted by atomic mass is 10.2. The molecule has 11 heavy (non-hydrogen) atoms. The van der Waals surface area contributed by atoms with Gasteiger partial charge in [-0.25, -0.2) is 0 Å². The largest absolute Gasteiger partial charge is 0.504 e. The van der Waals surface area contributed by atoms with Gasteiger partial charge in [0, 0.05) is 4.47 Å². The number of rotatable bonds is 1. The van der Waals surface area contributed by atoms with E-state index in [9.17, 15) is 5.11 Å². The van der Waals surface area contributed by atoms with E-state index >= 15 is 0 Å². The first-order valence-electron chi connectivity index (χ1n) is 3.03. The Morgan fingerprint density at radius 2 is 2.18 bits per heavy atom. The topological polar surface area (TPSA) is 29.5 Å². The van der Waals surface area contributed by atoms with E-state index in [1.807, 2.05) is 0 Å². The van der Waals surface area contributed by atoms with Crippen molar-refractivity contribution in [3.8, 4) is 11.5 Å². The average Bonchev–Trinajstić information content (AvgIpc) is 1.97. The van der Waals surface area contributed by atoms with E-state index in [-0.39, 0.29) is 5.75 Å². The molecular formula is C8H8BrO2. The highest BCUT2D eigenvalue weighted by atomic mass is 79.9. The van der Waals surface area contributed by atoms with Gasteiger partial charge in [-0.05, 0) is 24.6 Å². The molecule has 0 bridgehead atoms. The molecule has 1 aromatic rings. The van der Waals surface area contributed by atoms with Crippen molar-refractivity contribution < 1.29 is 9.84 Å². The summed E-state index contributed by atoms with van der Waals surface area (Å²) in [6, 6.07) is 3.22. The molecule has 3 heteroatoms. The zero-order valence-corrected chi connectivity index (χ0v) is 7.68. The minimum absolute atomic E-state index is 0.112. The summed E-state index contributed by atoms with van der Waals surface area (Å²) in [6.07, 6.45) is 0.